The summed E-state index contributed by atoms with van der Waals surface area (Å²) in [5, 5.41) is 8.65. The van der Waals surface area contributed by atoms with Crippen molar-refractivity contribution in [3.05, 3.63) is 0 Å². The van der Waals surface area contributed by atoms with E-state index in [0.29, 0.717) is 6.61 Å². The Bertz CT molecular complexity index is 112. The fraction of sp³-hybridized carbons (Fsp3) is 0.875. The van der Waals surface area contributed by atoms with Gasteiger partial charge in [0.2, 0.25) is 0 Å². The van der Waals surface area contributed by atoms with E-state index in [9.17, 15) is 4.79 Å². The highest BCUT2D eigenvalue weighted by atomic mass is 16.5. The number of carbonyl (C=O) groups is 1. The van der Waals surface area contributed by atoms with Crippen molar-refractivity contribution < 1.29 is 14.6 Å². The molecule has 0 saturated heterocycles. The van der Waals surface area contributed by atoms with Gasteiger partial charge >= 0.3 is 5.97 Å². The molecule has 0 saturated carbocycles. The molecule has 3 heteroatoms. The van der Waals surface area contributed by atoms with Gasteiger partial charge < -0.3 is 9.84 Å². The topological polar surface area (TPSA) is 46.5 Å². The van der Waals surface area contributed by atoms with Crippen LogP contribution in [0.3, 0.4) is 0 Å². The van der Waals surface area contributed by atoms with E-state index in [4.69, 9.17) is 9.84 Å². The molecule has 0 aromatic heterocycles. The van der Waals surface area contributed by atoms with Crippen LogP contribution in [0.4, 0.5) is 0 Å². The Morgan fingerprint density at radius 1 is 1.64 bits per heavy atom. The van der Waals surface area contributed by atoms with Crippen molar-refractivity contribution >= 4 is 5.97 Å². The molecule has 3 nitrogen and oxygen atoms in total. The van der Waals surface area contributed by atoms with Gasteiger partial charge in [0.05, 0.1) is 12.5 Å². The van der Waals surface area contributed by atoms with Crippen LogP contribution in [0.25, 0.3) is 0 Å². The number of hydrogen-bond acceptors (Lipinski definition) is 2. The Balaban J connectivity index is 3.60. The SMILES string of the molecule is CCCCC(COC)C(=O)O. The van der Waals surface area contributed by atoms with Gasteiger partial charge in [-0.3, -0.25) is 4.79 Å². The highest BCUT2D eigenvalue weighted by molar-refractivity contribution is 5.70. The summed E-state index contributed by atoms with van der Waals surface area (Å²) >= 11 is 0. The third kappa shape index (κ3) is 4.79. The summed E-state index contributed by atoms with van der Waals surface area (Å²) < 4.78 is 4.78. The number of carboxylic acids is 1. The van der Waals surface area contributed by atoms with Gasteiger partial charge in [0.15, 0.2) is 0 Å². The van der Waals surface area contributed by atoms with Crippen LogP contribution >= 0.6 is 0 Å². The van der Waals surface area contributed by atoms with Crippen LogP contribution < -0.4 is 0 Å². The number of methoxy groups -OCH3 is 1. The highest BCUT2D eigenvalue weighted by Gasteiger charge is 2.15. The lowest BCUT2D eigenvalue weighted by atomic mass is 10.0. The van der Waals surface area contributed by atoms with Crippen molar-refractivity contribution in [2.24, 2.45) is 5.92 Å². The number of ether oxygens (including phenoxy) is 1. The Hall–Kier alpha value is -0.570. The summed E-state index contributed by atoms with van der Waals surface area (Å²) in [6.45, 7) is 2.38. The molecule has 0 aromatic rings. The van der Waals surface area contributed by atoms with Crippen molar-refractivity contribution in [2.45, 2.75) is 26.2 Å². The molecule has 0 rings (SSSR count). The maximum atomic E-state index is 10.5. The second kappa shape index (κ2) is 6.16. The summed E-state index contributed by atoms with van der Waals surface area (Å²) in [4.78, 5) is 10.5. The Kier molecular flexibility index (Phi) is 5.84. The first-order valence-corrected chi connectivity index (χ1v) is 3.94. The van der Waals surface area contributed by atoms with Gasteiger partial charge in [-0.05, 0) is 6.42 Å². The molecule has 0 heterocycles. The van der Waals surface area contributed by atoms with Gasteiger partial charge in [0.1, 0.15) is 0 Å². The molecule has 11 heavy (non-hydrogen) atoms. The van der Waals surface area contributed by atoms with E-state index >= 15 is 0 Å². The molecule has 66 valence electrons. The highest BCUT2D eigenvalue weighted by Crippen LogP contribution is 2.08. The molecular weight excluding hydrogens is 144 g/mol. The number of carboxylic acid groups (broad SMARTS) is 1. The van der Waals surface area contributed by atoms with Crippen LogP contribution in [-0.4, -0.2) is 24.8 Å². The van der Waals surface area contributed by atoms with Crippen LogP contribution in [0.15, 0.2) is 0 Å². The van der Waals surface area contributed by atoms with Crippen LogP contribution in [0.5, 0.6) is 0 Å². The smallest absolute Gasteiger partial charge is 0.308 e. The maximum Gasteiger partial charge on any atom is 0.308 e. The Morgan fingerprint density at radius 2 is 2.27 bits per heavy atom. The fourth-order valence-corrected chi connectivity index (χ4v) is 0.930. The molecular formula is C8H16O3. The molecule has 1 atom stereocenters. The quantitative estimate of drug-likeness (QED) is 0.640. The van der Waals surface area contributed by atoms with Gasteiger partial charge in [0, 0.05) is 7.11 Å². The summed E-state index contributed by atoms with van der Waals surface area (Å²) in [6, 6.07) is 0. The third-order valence-corrected chi connectivity index (χ3v) is 1.62. The minimum atomic E-state index is -0.750. The van der Waals surface area contributed by atoms with Crippen LogP contribution in [0.1, 0.15) is 26.2 Å². The minimum absolute atomic E-state index is 0.319. The second-order valence-electron chi connectivity index (χ2n) is 2.63. The van der Waals surface area contributed by atoms with Gasteiger partial charge in [-0.15, -0.1) is 0 Å². The second-order valence-corrected chi connectivity index (χ2v) is 2.63. The van der Waals surface area contributed by atoms with E-state index in [1.54, 1.807) is 0 Å². The molecule has 0 fully saturated rings. The van der Waals surface area contributed by atoms with Crippen molar-refractivity contribution in [3.63, 3.8) is 0 Å². The standard InChI is InChI=1S/C8H16O3/c1-3-4-5-7(6-11-2)8(9)10/h7H,3-6H2,1-2H3,(H,9,10). The Morgan fingerprint density at radius 3 is 2.64 bits per heavy atom. The van der Waals surface area contributed by atoms with Gasteiger partial charge in [-0.1, -0.05) is 19.8 Å². The zero-order chi connectivity index (χ0) is 8.69. The first kappa shape index (κ1) is 10.4. The van der Waals surface area contributed by atoms with Crippen molar-refractivity contribution in [3.8, 4) is 0 Å². The summed E-state index contributed by atoms with van der Waals surface area (Å²) in [7, 11) is 1.53. The third-order valence-electron chi connectivity index (χ3n) is 1.62. The van der Waals surface area contributed by atoms with Gasteiger partial charge in [-0.2, -0.15) is 0 Å². The fourth-order valence-electron chi connectivity index (χ4n) is 0.930. The van der Waals surface area contributed by atoms with E-state index in [1.807, 2.05) is 6.92 Å². The summed E-state index contributed by atoms with van der Waals surface area (Å²) in [5.41, 5.74) is 0. The lowest BCUT2D eigenvalue weighted by Gasteiger charge is -2.09. The van der Waals surface area contributed by atoms with E-state index in [1.165, 1.54) is 7.11 Å². The number of rotatable bonds is 6. The average Bonchev–Trinajstić information content (AvgIpc) is 1.97. The first-order valence-electron chi connectivity index (χ1n) is 3.94. The van der Waals surface area contributed by atoms with Crippen molar-refractivity contribution in [2.75, 3.05) is 13.7 Å². The van der Waals surface area contributed by atoms with E-state index < -0.39 is 5.97 Å². The van der Waals surface area contributed by atoms with Gasteiger partial charge in [-0.25, -0.2) is 0 Å². The van der Waals surface area contributed by atoms with Crippen molar-refractivity contribution in [1.29, 1.82) is 0 Å². The predicted octanol–water partition coefficient (Wildman–Crippen LogP) is 1.52. The normalized spacial score (nSPS) is 12.9. The van der Waals surface area contributed by atoms with E-state index in [0.717, 1.165) is 19.3 Å². The maximum absolute atomic E-state index is 10.5. The summed E-state index contributed by atoms with van der Waals surface area (Å²) in [6.07, 6.45) is 2.72. The number of hydrogen-bond donors (Lipinski definition) is 1. The molecule has 0 radical (unpaired) electrons. The first-order chi connectivity index (χ1) is 5.22. The Labute approximate surface area is 67.4 Å². The van der Waals surface area contributed by atoms with E-state index in [-0.39, 0.29) is 5.92 Å². The average molecular weight is 160 g/mol. The molecule has 0 amide bonds. The molecule has 0 aliphatic rings. The molecule has 0 aliphatic heterocycles. The van der Waals surface area contributed by atoms with Crippen LogP contribution in [-0.2, 0) is 9.53 Å². The lowest BCUT2D eigenvalue weighted by Crippen LogP contribution is -2.18. The monoisotopic (exact) mass is 160 g/mol. The number of aliphatic carboxylic acids is 1. The minimum Gasteiger partial charge on any atom is -0.481 e. The van der Waals surface area contributed by atoms with Crippen LogP contribution in [0, 0.1) is 5.92 Å². The molecule has 0 bridgehead atoms. The number of unbranched alkanes of at least 4 members (excludes halogenated alkanes) is 1. The van der Waals surface area contributed by atoms with Gasteiger partial charge in [0.25, 0.3) is 0 Å². The zero-order valence-electron chi connectivity index (χ0n) is 7.17. The molecule has 1 unspecified atom stereocenters. The molecule has 1 N–H and O–H groups in total. The molecule has 0 aliphatic carbocycles. The lowest BCUT2D eigenvalue weighted by molar-refractivity contribution is -0.143. The van der Waals surface area contributed by atoms with Crippen LogP contribution in [0.2, 0.25) is 0 Å². The largest absolute Gasteiger partial charge is 0.481 e. The summed E-state index contributed by atoms with van der Waals surface area (Å²) in [5.74, 6) is -1.07. The predicted molar refractivity (Wildman–Crippen MR) is 42.5 cm³/mol. The van der Waals surface area contributed by atoms with E-state index in [2.05, 4.69) is 0 Å². The molecule has 0 aromatic carbocycles. The van der Waals surface area contributed by atoms with Crippen molar-refractivity contribution in [1.82, 2.24) is 0 Å². The zero-order valence-corrected chi connectivity index (χ0v) is 7.17. The molecule has 0 spiro atoms.